The number of carbonyl (C=O) groups is 1. The van der Waals surface area contributed by atoms with Crippen molar-refractivity contribution in [3.8, 4) is 0 Å². The second-order valence-electron chi connectivity index (χ2n) is 7.51. The summed E-state index contributed by atoms with van der Waals surface area (Å²) in [5.74, 6) is 0.198. The van der Waals surface area contributed by atoms with Gasteiger partial charge in [0.1, 0.15) is 5.82 Å². The van der Waals surface area contributed by atoms with Crippen molar-refractivity contribution in [1.82, 2.24) is 19.8 Å². The maximum absolute atomic E-state index is 13.5. The molecule has 0 spiro atoms. The SMILES string of the molecule is CC[C@@H]1C[C@H](C(F)(F)F)n2nc([C@@H]3CCN(C(=O)c4cc(C)no4)C3)cc2N1. The zero-order valence-electron chi connectivity index (χ0n) is 15.7. The van der Waals surface area contributed by atoms with Gasteiger partial charge in [0.2, 0.25) is 5.76 Å². The molecule has 28 heavy (non-hydrogen) atoms. The van der Waals surface area contributed by atoms with Crippen LogP contribution in [0.4, 0.5) is 19.0 Å². The van der Waals surface area contributed by atoms with E-state index in [9.17, 15) is 18.0 Å². The Morgan fingerprint density at radius 3 is 2.82 bits per heavy atom. The molecule has 4 rings (SSSR count). The van der Waals surface area contributed by atoms with E-state index >= 15 is 0 Å². The van der Waals surface area contributed by atoms with Gasteiger partial charge in [-0.05, 0) is 26.2 Å². The van der Waals surface area contributed by atoms with Crippen molar-refractivity contribution >= 4 is 11.7 Å². The maximum atomic E-state index is 13.5. The van der Waals surface area contributed by atoms with Crippen molar-refractivity contribution in [2.45, 2.75) is 57.3 Å². The summed E-state index contributed by atoms with van der Waals surface area (Å²) >= 11 is 0. The highest BCUT2D eigenvalue weighted by Crippen LogP contribution is 2.41. The molecule has 0 unspecified atom stereocenters. The lowest BCUT2D eigenvalue weighted by Crippen LogP contribution is -2.38. The molecule has 10 heteroatoms. The molecule has 1 fully saturated rings. The number of alkyl halides is 3. The molecule has 0 aliphatic carbocycles. The van der Waals surface area contributed by atoms with Gasteiger partial charge in [-0.2, -0.15) is 18.3 Å². The summed E-state index contributed by atoms with van der Waals surface area (Å²) < 4.78 is 46.6. The molecule has 1 saturated heterocycles. The van der Waals surface area contributed by atoms with Gasteiger partial charge in [0.05, 0.1) is 11.4 Å². The molecule has 2 aliphatic heterocycles. The summed E-state index contributed by atoms with van der Waals surface area (Å²) in [6, 6.07) is 1.41. The number of aromatic nitrogens is 3. The van der Waals surface area contributed by atoms with E-state index in [1.807, 2.05) is 6.92 Å². The third kappa shape index (κ3) is 3.35. The Balaban J connectivity index is 1.53. The van der Waals surface area contributed by atoms with E-state index in [0.717, 1.165) is 4.68 Å². The standard InChI is InChI=1S/C18H22F3N5O2/c1-3-12-7-15(18(19,20)21)26-16(22-12)8-13(23-26)11-4-5-25(9-11)17(27)14-6-10(2)24-28-14/h6,8,11-12,15,22H,3-5,7,9H2,1-2H3/t11-,12-,15-/m1/s1. The summed E-state index contributed by atoms with van der Waals surface area (Å²) in [6.07, 6.45) is -3.14. The summed E-state index contributed by atoms with van der Waals surface area (Å²) in [5.41, 5.74) is 1.20. The highest BCUT2D eigenvalue weighted by Gasteiger charge is 2.46. The summed E-state index contributed by atoms with van der Waals surface area (Å²) in [6.45, 7) is 4.49. The second kappa shape index (κ2) is 6.82. The van der Waals surface area contributed by atoms with Crippen LogP contribution in [0, 0.1) is 6.92 Å². The second-order valence-corrected chi connectivity index (χ2v) is 7.51. The Morgan fingerprint density at radius 2 is 2.18 bits per heavy atom. The molecule has 2 aliphatic rings. The van der Waals surface area contributed by atoms with Gasteiger partial charge >= 0.3 is 6.18 Å². The molecule has 0 bridgehead atoms. The number of hydrogen-bond acceptors (Lipinski definition) is 5. The van der Waals surface area contributed by atoms with Gasteiger partial charge in [-0.3, -0.25) is 4.79 Å². The molecule has 0 aromatic carbocycles. The van der Waals surface area contributed by atoms with Gasteiger partial charge in [-0.15, -0.1) is 0 Å². The van der Waals surface area contributed by atoms with Crippen molar-refractivity contribution < 1.29 is 22.5 Å². The minimum Gasteiger partial charge on any atom is -0.367 e. The zero-order chi connectivity index (χ0) is 20.1. The molecule has 1 N–H and O–H groups in total. The Morgan fingerprint density at radius 1 is 1.39 bits per heavy atom. The fourth-order valence-electron chi connectivity index (χ4n) is 3.94. The molecule has 2 aromatic heterocycles. The van der Waals surface area contributed by atoms with Crippen LogP contribution < -0.4 is 5.32 Å². The van der Waals surface area contributed by atoms with E-state index in [1.165, 1.54) is 0 Å². The van der Waals surface area contributed by atoms with E-state index < -0.39 is 12.2 Å². The van der Waals surface area contributed by atoms with E-state index in [4.69, 9.17) is 4.52 Å². The van der Waals surface area contributed by atoms with Crippen LogP contribution in [0.1, 0.15) is 60.1 Å². The first-order valence-electron chi connectivity index (χ1n) is 9.41. The van der Waals surface area contributed by atoms with Crippen molar-refractivity contribution in [1.29, 1.82) is 0 Å². The lowest BCUT2D eigenvalue weighted by molar-refractivity contribution is -0.173. The number of nitrogens with zero attached hydrogens (tertiary/aromatic N) is 4. The van der Waals surface area contributed by atoms with Crippen LogP contribution in [0.3, 0.4) is 0 Å². The molecular weight excluding hydrogens is 375 g/mol. The van der Waals surface area contributed by atoms with Crippen molar-refractivity contribution in [2.75, 3.05) is 18.4 Å². The molecular formula is C18H22F3N5O2. The molecule has 152 valence electrons. The first kappa shape index (κ1) is 18.8. The highest BCUT2D eigenvalue weighted by molar-refractivity contribution is 5.91. The number of rotatable bonds is 3. The van der Waals surface area contributed by atoms with E-state index in [0.29, 0.717) is 43.1 Å². The Labute approximate surface area is 159 Å². The van der Waals surface area contributed by atoms with Crippen LogP contribution in [0.25, 0.3) is 0 Å². The van der Waals surface area contributed by atoms with Crippen LogP contribution in [0.2, 0.25) is 0 Å². The number of likely N-dealkylation sites (tertiary alicyclic amines) is 1. The summed E-state index contributed by atoms with van der Waals surface area (Å²) in [5, 5.41) is 11.2. The summed E-state index contributed by atoms with van der Waals surface area (Å²) in [7, 11) is 0. The molecule has 2 aromatic rings. The van der Waals surface area contributed by atoms with Crippen LogP contribution in [0.15, 0.2) is 16.7 Å². The largest absolute Gasteiger partial charge is 0.410 e. The first-order valence-corrected chi connectivity index (χ1v) is 9.41. The predicted octanol–water partition coefficient (Wildman–Crippen LogP) is 3.51. The van der Waals surface area contributed by atoms with Gasteiger partial charge in [0.25, 0.3) is 5.91 Å². The third-order valence-corrected chi connectivity index (χ3v) is 5.51. The predicted molar refractivity (Wildman–Crippen MR) is 94.1 cm³/mol. The molecule has 4 heterocycles. The molecule has 0 saturated carbocycles. The van der Waals surface area contributed by atoms with Crippen molar-refractivity contribution in [3.05, 3.63) is 29.3 Å². The quantitative estimate of drug-likeness (QED) is 0.858. The number of hydrogen-bond donors (Lipinski definition) is 1. The Kier molecular flexibility index (Phi) is 4.59. The minimum absolute atomic E-state index is 0.0335. The molecule has 1 amide bonds. The third-order valence-electron chi connectivity index (χ3n) is 5.51. The van der Waals surface area contributed by atoms with Crippen LogP contribution in [0.5, 0.6) is 0 Å². The van der Waals surface area contributed by atoms with Gasteiger partial charge < -0.3 is 14.7 Å². The maximum Gasteiger partial charge on any atom is 0.410 e. The van der Waals surface area contributed by atoms with Crippen molar-refractivity contribution in [3.63, 3.8) is 0 Å². The number of halogens is 3. The van der Waals surface area contributed by atoms with E-state index in [-0.39, 0.29) is 30.0 Å². The van der Waals surface area contributed by atoms with Gasteiger partial charge in [0, 0.05) is 37.2 Å². The number of amides is 1. The van der Waals surface area contributed by atoms with Crippen LogP contribution in [-0.4, -0.2) is 51.1 Å². The normalized spacial score (nSPS) is 24.9. The molecule has 3 atom stereocenters. The summed E-state index contributed by atoms with van der Waals surface area (Å²) in [4.78, 5) is 14.1. The fraction of sp³-hybridized carbons (Fsp3) is 0.611. The fourth-order valence-corrected chi connectivity index (χ4v) is 3.94. The van der Waals surface area contributed by atoms with Crippen LogP contribution in [-0.2, 0) is 0 Å². The zero-order valence-corrected chi connectivity index (χ0v) is 15.7. The smallest absolute Gasteiger partial charge is 0.367 e. The minimum atomic E-state index is -4.35. The van der Waals surface area contributed by atoms with Gasteiger partial charge in [-0.25, -0.2) is 4.68 Å². The lowest BCUT2D eigenvalue weighted by atomic mass is 10.0. The molecule has 7 nitrogen and oxygen atoms in total. The average molecular weight is 397 g/mol. The van der Waals surface area contributed by atoms with Gasteiger partial charge in [-0.1, -0.05) is 12.1 Å². The topological polar surface area (TPSA) is 76.2 Å². The first-order chi connectivity index (χ1) is 13.3. The van der Waals surface area contributed by atoms with E-state index in [2.05, 4.69) is 15.6 Å². The number of nitrogens with one attached hydrogen (secondary N) is 1. The molecule has 0 radical (unpaired) electrons. The van der Waals surface area contributed by atoms with Gasteiger partial charge in [0.15, 0.2) is 6.04 Å². The van der Waals surface area contributed by atoms with Crippen molar-refractivity contribution in [2.24, 2.45) is 0 Å². The van der Waals surface area contributed by atoms with E-state index in [1.54, 1.807) is 24.0 Å². The average Bonchev–Trinajstić information content (AvgIpc) is 3.37. The number of carbonyl (C=O) groups excluding carboxylic acids is 1. The monoisotopic (exact) mass is 397 g/mol. The lowest BCUT2D eigenvalue weighted by Gasteiger charge is -2.32. The number of anilines is 1. The number of fused-ring (bicyclic) bond motifs is 1. The highest BCUT2D eigenvalue weighted by atomic mass is 19.4. The number of aryl methyl sites for hydroxylation is 1. The van der Waals surface area contributed by atoms with Crippen LogP contribution >= 0.6 is 0 Å². The Hall–Kier alpha value is -2.52. The Bertz CT molecular complexity index is 875.